The summed E-state index contributed by atoms with van der Waals surface area (Å²) in [5.41, 5.74) is 3.19. The highest BCUT2D eigenvalue weighted by atomic mass is 35.5. The molecule has 0 spiro atoms. The van der Waals surface area contributed by atoms with Gasteiger partial charge in [-0.25, -0.2) is 4.98 Å². The molecule has 0 unspecified atom stereocenters. The van der Waals surface area contributed by atoms with Crippen LogP contribution in [0, 0.1) is 0 Å². The molecule has 1 aliphatic rings. The van der Waals surface area contributed by atoms with Crippen LogP contribution < -0.4 is 0 Å². The third-order valence-corrected chi connectivity index (χ3v) is 4.89. The number of amides is 1. The lowest BCUT2D eigenvalue weighted by molar-refractivity contribution is 0.0628. The molecule has 132 valence electrons. The first kappa shape index (κ1) is 17.9. The van der Waals surface area contributed by atoms with E-state index in [1.807, 2.05) is 29.2 Å². The van der Waals surface area contributed by atoms with Gasteiger partial charge in [-0.2, -0.15) is 0 Å². The molecule has 5 heteroatoms. The fourth-order valence-corrected chi connectivity index (χ4v) is 3.30. The Hall–Kier alpha value is -1.91. The third kappa shape index (κ3) is 4.59. The second-order valence-corrected chi connectivity index (χ2v) is 7.22. The molecule has 1 fully saturated rings. The zero-order valence-corrected chi connectivity index (χ0v) is 15.5. The van der Waals surface area contributed by atoms with Gasteiger partial charge >= 0.3 is 0 Å². The number of nitrogens with zero attached hydrogens (tertiary/aromatic N) is 3. The third-order valence-electron chi connectivity index (χ3n) is 4.68. The Morgan fingerprint density at radius 3 is 2.40 bits per heavy atom. The lowest BCUT2D eigenvalue weighted by Gasteiger charge is -2.34. The van der Waals surface area contributed by atoms with E-state index in [1.54, 1.807) is 6.20 Å². The monoisotopic (exact) mass is 357 g/mol. The largest absolute Gasteiger partial charge is 0.336 e. The molecular formula is C20H24ClN3O. The molecule has 4 nitrogen and oxygen atoms in total. The van der Waals surface area contributed by atoms with E-state index in [2.05, 4.69) is 35.9 Å². The quantitative estimate of drug-likeness (QED) is 0.780. The number of piperazine rings is 1. The summed E-state index contributed by atoms with van der Waals surface area (Å²) in [7, 11) is 0. The van der Waals surface area contributed by atoms with Crippen LogP contribution in [0.3, 0.4) is 0 Å². The summed E-state index contributed by atoms with van der Waals surface area (Å²) in [6, 6.07) is 11.9. The standard InChI is InChI=1S/C20H24ClN3O/c1-15(2)17-3-5-18(6-4-17)20(25)24-11-9-23(10-12-24)14-16-7-8-22-19(21)13-16/h3-8,13,15H,9-12,14H2,1-2H3. The summed E-state index contributed by atoms with van der Waals surface area (Å²) >= 11 is 5.94. The van der Waals surface area contributed by atoms with Crippen LogP contribution in [-0.4, -0.2) is 46.9 Å². The van der Waals surface area contributed by atoms with Crippen molar-refractivity contribution in [1.29, 1.82) is 0 Å². The van der Waals surface area contributed by atoms with E-state index in [0.29, 0.717) is 11.1 Å². The molecule has 0 bridgehead atoms. The van der Waals surface area contributed by atoms with Crippen molar-refractivity contribution in [3.05, 3.63) is 64.4 Å². The summed E-state index contributed by atoms with van der Waals surface area (Å²) in [6.45, 7) is 8.41. The predicted octanol–water partition coefficient (Wildman–Crippen LogP) is 3.82. The van der Waals surface area contributed by atoms with E-state index >= 15 is 0 Å². The van der Waals surface area contributed by atoms with Crippen LogP contribution >= 0.6 is 11.6 Å². The zero-order chi connectivity index (χ0) is 17.8. The van der Waals surface area contributed by atoms with Crippen LogP contribution in [0.25, 0.3) is 0 Å². The Balaban J connectivity index is 1.55. The van der Waals surface area contributed by atoms with E-state index in [9.17, 15) is 4.79 Å². The number of benzene rings is 1. The van der Waals surface area contributed by atoms with Crippen LogP contribution in [0.2, 0.25) is 5.15 Å². The van der Waals surface area contributed by atoms with Gasteiger partial charge in [0.25, 0.3) is 5.91 Å². The maximum absolute atomic E-state index is 12.7. The summed E-state index contributed by atoms with van der Waals surface area (Å²) in [6.07, 6.45) is 1.73. The molecule has 0 N–H and O–H groups in total. The van der Waals surface area contributed by atoms with Crippen molar-refractivity contribution in [3.63, 3.8) is 0 Å². The highest BCUT2D eigenvalue weighted by molar-refractivity contribution is 6.29. The maximum Gasteiger partial charge on any atom is 0.253 e. The molecule has 1 aliphatic heterocycles. The van der Waals surface area contributed by atoms with Crippen LogP contribution in [0.15, 0.2) is 42.6 Å². The highest BCUT2D eigenvalue weighted by Gasteiger charge is 2.22. The number of hydrogen-bond donors (Lipinski definition) is 0. The average Bonchev–Trinajstić information content (AvgIpc) is 2.62. The Morgan fingerprint density at radius 2 is 1.80 bits per heavy atom. The number of carbonyl (C=O) groups excluding carboxylic acids is 1. The summed E-state index contributed by atoms with van der Waals surface area (Å²) in [4.78, 5) is 21.0. The topological polar surface area (TPSA) is 36.4 Å². The summed E-state index contributed by atoms with van der Waals surface area (Å²) < 4.78 is 0. The van der Waals surface area contributed by atoms with Crippen molar-refractivity contribution in [2.45, 2.75) is 26.3 Å². The summed E-state index contributed by atoms with van der Waals surface area (Å²) in [5, 5.41) is 0.524. The number of aromatic nitrogens is 1. The summed E-state index contributed by atoms with van der Waals surface area (Å²) in [5.74, 6) is 0.608. The van der Waals surface area contributed by atoms with Gasteiger partial charge < -0.3 is 4.90 Å². The molecular weight excluding hydrogens is 334 g/mol. The van der Waals surface area contributed by atoms with Crippen LogP contribution in [0.5, 0.6) is 0 Å². The van der Waals surface area contributed by atoms with Gasteiger partial charge in [0.2, 0.25) is 0 Å². The van der Waals surface area contributed by atoms with Gasteiger partial charge in [0.1, 0.15) is 5.15 Å². The number of carbonyl (C=O) groups is 1. The minimum atomic E-state index is 0.127. The van der Waals surface area contributed by atoms with Gasteiger partial charge in [-0.3, -0.25) is 9.69 Å². The molecule has 1 amide bonds. The van der Waals surface area contributed by atoms with Crippen LogP contribution in [0.1, 0.15) is 41.3 Å². The minimum absolute atomic E-state index is 0.127. The molecule has 0 atom stereocenters. The van der Waals surface area contributed by atoms with Gasteiger partial charge in [-0.05, 0) is 41.3 Å². The van der Waals surface area contributed by atoms with Crippen molar-refractivity contribution >= 4 is 17.5 Å². The lowest BCUT2D eigenvalue weighted by Crippen LogP contribution is -2.48. The predicted molar refractivity (Wildman–Crippen MR) is 101 cm³/mol. The van der Waals surface area contributed by atoms with Crippen molar-refractivity contribution in [2.75, 3.05) is 26.2 Å². The lowest BCUT2D eigenvalue weighted by atomic mass is 10.0. The van der Waals surface area contributed by atoms with Gasteiger partial charge in [0.05, 0.1) is 0 Å². The highest BCUT2D eigenvalue weighted by Crippen LogP contribution is 2.17. The second-order valence-electron chi connectivity index (χ2n) is 6.83. The Labute approximate surface area is 154 Å². The average molecular weight is 358 g/mol. The zero-order valence-electron chi connectivity index (χ0n) is 14.8. The van der Waals surface area contributed by atoms with Gasteiger partial charge in [-0.1, -0.05) is 37.6 Å². The number of pyridine rings is 1. The second kappa shape index (κ2) is 7.98. The fourth-order valence-electron chi connectivity index (χ4n) is 3.10. The van der Waals surface area contributed by atoms with E-state index in [-0.39, 0.29) is 5.91 Å². The Bertz CT molecular complexity index is 722. The molecule has 2 heterocycles. The molecule has 0 aliphatic carbocycles. The van der Waals surface area contributed by atoms with Crippen molar-refractivity contribution < 1.29 is 4.79 Å². The first-order chi connectivity index (χ1) is 12.0. The Kier molecular flexibility index (Phi) is 5.71. The number of halogens is 1. The molecule has 1 aromatic heterocycles. The van der Waals surface area contributed by atoms with Gasteiger partial charge in [0.15, 0.2) is 0 Å². The fraction of sp³-hybridized carbons (Fsp3) is 0.400. The van der Waals surface area contributed by atoms with Gasteiger partial charge in [-0.15, -0.1) is 0 Å². The molecule has 1 aromatic carbocycles. The Morgan fingerprint density at radius 1 is 1.12 bits per heavy atom. The van der Waals surface area contributed by atoms with Crippen molar-refractivity contribution in [3.8, 4) is 0 Å². The van der Waals surface area contributed by atoms with E-state index in [0.717, 1.165) is 43.9 Å². The number of hydrogen-bond acceptors (Lipinski definition) is 3. The minimum Gasteiger partial charge on any atom is -0.336 e. The smallest absolute Gasteiger partial charge is 0.253 e. The van der Waals surface area contributed by atoms with E-state index < -0.39 is 0 Å². The molecule has 25 heavy (non-hydrogen) atoms. The van der Waals surface area contributed by atoms with Gasteiger partial charge in [0, 0.05) is 44.5 Å². The first-order valence-corrected chi connectivity index (χ1v) is 9.13. The first-order valence-electron chi connectivity index (χ1n) is 8.75. The van der Waals surface area contributed by atoms with E-state index in [1.165, 1.54) is 5.56 Å². The SMILES string of the molecule is CC(C)c1ccc(C(=O)N2CCN(Cc3ccnc(Cl)c3)CC2)cc1. The molecule has 0 saturated carbocycles. The van der Waals surface area contributed by atoms with E-state index in [4.69, 9.17) is 11.6 Å². The maximum atomic E-state index is 12.7. The van der Waals surface area contributed by atoms with Crippen molar-refractivity contribution in [2.24, 2.45) is 0 Å². The molecule has 2 aromatic rings. The van der Waals surface area contributed by atoms with Crippen LogP contribution in [-0.2, 0) is 6.54 Å². The van der Waals surface area contributed by atoms with Crippen LogP contribution in [0.4, 0.5) is 0 Å². The van der Waals surface area contributed by atoms with Crippen molar-refractivity contribution in [1.82, 2.24) is 14.8 Å². The molecule has 0 radical (unpaired) electrons. The number of rotatable bonds is 4. The normalized spacial score (nSPS) is 15.6. The molecule has 1 saturated heterocycles. The molecule has 3 rings (SSSR count).